The Bertz CT molecular complexity index is 9550. The number of rotatable bonds is 14. The summed E-state index contributed by atoms with van der Waals surface area (Å²) in [6, 6.07) is 179. The van der Waals surface area contributed by atoms with Crippen molar-refractivity contribution in [2.75, 3.05) is 15.1 Å². The summed E-state index contributed by atoms with van der Waals surface area (Å²) in [5.41, 5.74) is 27.0. The second kappa shape index (κ2) is 34.8. The number of anilines is 8. The molecule has 142 heavy (non-hydrogen) atoms. The molecule has 1 N–H and O–H groups in total. The molecular weight excluding hydrogens is 1860 g/mol. The van der Waals surface area contributed by atoms with Crippen LogP contribution in [0.15, 0.2) is 520 Å². The maximum atomic E-state index is 7.11. The standard InChI is InChI=1S/C84H52N2O2.C34H23NO.C16H8Br2/c1-5-19-53(20-6-1)61-37-35-57-39-45-63(55-23-9-3-10-24-55)81(71(57)51-61)85(75-31-17-29-67-65-27-13-15-33-77(65)87-83(67)75)73-49-43-59-42-48-70-74(50-44-60-41-47-69(73)79(59)80(60)70)86(76-32-18-30-68-66-28-14-16-34-78(66)88-84(68)76)82-64(56-25-11-4-12-26-56)46-40-58-36-38-62(52-72(58)82)54-21-7-2-8-22-54;1-3-10-23(11-4-1)26-19-18-25-20-21-27(24-12-5-2-6-13-24)33(30(25)22-26)35-31-16-9-15-29-28-14-7-8-17-32(28)36-34(29)31;17-13-8-4-10-2-6-12-14(18)7-3-9-1-5-11(13)16(10)15(9)12/h1-52H;1-22,35H;1-8H. The third kappa shape index (κ3) is 14.3. The van der Waals surface area contributed by atoms with Gasteiger partial charge in [-0.15, -0.1) is 0 Å². The maximum Gasteiger partial charge on any atom is 0.159 e. The van der Waals surface area contributed by atoms with E-state index in [1.165, 1.54) is 70.6 Å². The van der Waals surface area contributed by atoms with Crippen molar-refractivity contribution in [3.63, 3.8) is 0 Å². The van der Waals surface area contributed by atoms with Crippen molar-refractivity contribution in [3.8, 4) is 66.8 Å². The molecule has 0 atom stereocenters. The molecule has 0 spiro atoms. The summed E-state index contributed by atoms with van der Waals surface area (Å²) in [5, 5.41) is 31.9. The Morgan fingerprint density at radius 1 is 0.176 bits per heavy atom. The van der Waals surface area contributed by atoms with Crippen molar-refractivity contribution in [1.29, 1.82) is 0 Å². The van der Waals surface area contributed by atoms with Gasteiger partial charge in [-0.2, -0.15) is 0 Å². The SMILES string of the molecule is Brc1ccc2ccc3c(Br)ccc4ccc1c2c43.c1ccc(-c2ccc3ccc(-c4ccccc4)c(N(c4ccc5ccc6c(N(c7c(-c8ccccc8)ccc8ccc(-c9ccccc9)cc78)c7cccc8c7oc7ccccc78)ccc7ccc4c5c76)c4cccc5c4oc4ccccc45)c3c2)cc1.c1ccc(-c2ccc3ccc(-c4ccccc4)c(Nc4cccc5c4oc4ccccc45)c3c2)cc1. The molecule has 26 aromatic carbocycles. The molecule has 8 heteroatoms. The van der Waals surface area contributed by atoms with Crippen LogP contribution in [0, 0.1) is 0 Å². The lowest BCUT2D eigenvalue weighted by atomic mass is 9.90. The zero-order valence-corrected chi connectivity index (χ0v) is 79.9. The topological polar surface area (TPSA) is 57.9 Å². The van der Waals surface area contributed by atoms with Crippen LogP contribution in [0.3, 0.4) is 0 Å². The molecule has 29 rings (SSSR count). The third-order valence-electron chi connectivity index (χ3n) is 28.6. The van der Waals surface area contributed by atoms with Gasteiger partial charge in [0.15, 0.2) is 16.7 Å². The molecule has 0 fully saturated rings. The van der Waals surface area contributed by atoms with Gasteiger partial charge in [-0.1, -0.05) is 450 Å². The number of hydrogen-bond donors (Lipinski definition) is 1. The molecular formula is C134H83Br2N3O3. The van der Waals surface area contributed by atoms with Crippen molar-refractivity contribution in [2.24, 2.45) is 0 Å². The van der Waals surface area contributed by atoms with E-state index in [-0.39, 0.29) is 0 Å². The Morgan fingerprint density at radius 2 is 0.465 bits per heavy atom. The highest BCUT2D eigenvalue weighted by Gasteiger charge is 2.32. The molecule has 0 radical (unpaired) electrons. The zero-order chi connectivity index (χ0) is 94.0. The van der Waals surface area contributed by atoms with Crippen molar-refractivity contribution in [2.45, 2.75) is 0 Å². The van der Waals surface area contributed by atoms with Crippen LogP contribution in [0.25, 0.3) is 230 Å². The summed E-state index contributed by atoms with van der Waals surface area (Å²) in [7, 11) is 0. The van der Waals surface area contributed by atoms with Gasteiger partial charge in [-0.05, 0) is 199 Å². The molecule has 0 saturated carbocycles. The van der Waals surface area contributed by atoms with Gasteiger partial charge in [0.05, 0.1) is 45.5 Å². The average Bonchev–Trinajstić information content (AvgIpc) is 0.977. The Morgan fingerprint density at radius 3 is 0.873 bits per heavy atom. The van der Waals surface area contributed by atoms with Crippen LogP contribution in [0.1, 0.15) is 0 Å². The normalized spacial score (nSPS) is 11.7. The number of benzene rings is 26. The summed E-state index contributed by atoms with van der Waals surface area (Å²) >= 11 is 7.30. The van der Waals surface area contributed by atoms with Crippen LogP contribution in [-0.2, 0) is 0 Å². The summed E-state index contributed by atoms with van der Waals surface area (Å²) in [6.45, 7) is 0. The molecule has 29 aromatic rings. The molecule has 0 aliphatic heterocycles. The van der Waals surface area contributed by atoms with Crippen molar-refractivity contribution in [3.05, 3.63) is 506 Å². The summed E-state index contributed by atoms with van der Waals surface area (Å²) < 4.78 is 22.9. The molecule has 0 saturated heterocycles. The smallest absolute Gasteiger partial charge is 0.159 e. The highest BCUT2D eigenvalue weighted by molar-refractivity contribution is 9.11. The molecule has 0 aliphatic carbocycles. The number of hydrogen-bond acceptors (Lipinski definition) is 6. The number of halogens is 2. The van der Waals surface area contributed by atoms with Gasteiger partial charge in [0.2, 0.25) is 0 Å². The van der Waals surface area contributed by atoms with E-state index in [2.05, 4.69) is 532 Å². The lowest BCUT2D eigenvalue weighted by Crippen LogP contribution is -2.14. The van der Waals surface area contributed by atoms with Crippen LogP contribution >= 0.6 is 31.9 Å². The first kappa shape index (κ1) is 83.7. The second-order valence-electron chi connectivity index (χ2n) is 36.6. The fourth-order valence-corrected chi connectivity index (χ4v) is 22.9. The van der Waals surface area contributed by atoms with E-state index >= 15 is 0 Å². The largest absolute Gasteiger partial charge is 0.454 e. The number of furan rings is 3. The average molecular weight is 1940 g/mol. The van der Waals surface area contributed by atoms with E-state index in [1.54, 1.807) is 0 Å². The van der Waals surface area contributed by atoms with Crippen molar-refractivity contribution < 1.29 is 13.3 Å². The monoisotopic (exact) mass is 1940 g/mol. The molecule has 3 heterocycles. The summed E-state index contributed by atoms with van der Waals surface area (Å²) in [5.74, 6) is 0. The summed E-state index contributed by atoms with van der Waals surface area (Å²) in [4.78, 5) is 5.02. The van der Waals surface area contributed by atoms with Crippen molar-refractivity contribution in [1.82, 2.24) is 0 Å². The van der Waals surface area contributed by atoms with Crippen LogP contribution in [0.4, 0.5) is 45.5 Å². The third-order valence-corrected chi connectivity index (χ3v) is 30.0. The van der Waals surface area contributed by atoms with Crippen molar-refractivity contribution >= 4 is 240 Å². The van der Waals surface area contributed by atoms with Gasteiger partial charge in [0.25, 0.3) is 0 Å². The summed E-state index contributed by atoms with van der Waals surface area (Å²) in [6.07, 6.45) is 0. The quantitative estimate of drug-likeness (QED) is 0.110. The van der Waals surface area contributed by atoms with E-state index in [0.29, 0.717) is 0 Å². The second-order valence-corrected chi connectivity index (χ2v) is 38.3. The molecule has 0 bridgehead atoms. The predicted molar refractivity (Wildman–Crippen MR) is 608 cm³/mol. The number of para-hydroxylation sites is 6. The Kier molecular flexibility index (Phi) is 20.5. The van der Waals surface area contributed by atoms with Crippen LogP contribution < -0.4 is 15.1 Å². The van der Waals surface area contributed by atoms with Crippen LogP contribution in [-0.4, -0.2) is 0 Å². The van der Waals surface area contributed by atoms with Crippen LogP contribution in [0.2, 0.25) is 0 Å². The Hall–Kier alpha value is -17.7. The fraction of sp³-hybridized carbons (Fsp3) is 0. The first-order valence-corrected chi connectivity index (χ1v) is 49.7. The molecule has 0 aliphatic rings. The van der Waals surface area contributed by atoms with Crippen LogP contribution in [0.5, 0.6) is 0 Å². The first-order valence-electron chi connectivity index (χ1n) is 48.1. The highest BCUT2D eigenvalue weighted by Crippen LogP contribution is 2.57. The van der Waals surface area contributed by atoms with Gasteiger partial charge in [0.1, 0.15) is 16.7 Å². The lowest BCUT2D eigenvalue weighted by molar-refractivity contribution is 0.669. The minimum absolute atomic E-state index is 0.821. The van der Waals surface area contributed by atoms with E-state index in [1.807, 2.05) is 12.1 Å². The predicted octanol–water partition coefficient (Wildman–Crippen LogP) is 40.2. The fourth-order valence-electron chi connectivity index (χ4n) is 22.0. The lowest BCUT2D eigenvalue weighted by Gasteiger charge is -2.32. The molecule has 6 nitrogen and oxygen atoms in total. The minimum Gasteiger partial charge on any atom is -0.454 e. The molecule has 666 valence electrons. The highest BCUT2D eigenvalue weighted by atomic mass is 79.9. The van der Waals surface area contributed by atoms with Gasteiger partial charge in [0, 0.05) is 84.9 Å². The van der Waals surface area contributed by atoms with Gasteiger partial charge in [-0.3, -0.25) is 0 Å². The number of fused-ring (bicyclic) bond motifs is 12. The van der Waals surface area contributed by atoms with Gasteiger partial charge in [-0.25, -0.2) is 0 Å². The van der Waals surface area contributed by atoms with E-state index in [4.69, 9.17) is 13.3 Å². The number of nitrogens with one attached hydrogen (secondary N) is 1. The molecule has 0 amide bonds. The Balaban J connectivity index is 0.000000151. The van der Waals surface area contributed by atoms with Gasteiger partial charge < -0.3 is 28.4 Å². The number of nitrogens with zero attached hydrogens (tertiary/aromatic N) is 2. The van der Waals surface area contributed by atoms with Gasteiger partial charge >= 0.3 is 0 Å². The first-order chi connectivity index (χ1) is 70.3. The Labute approximate surface area is 835 Å². The van der Waals surface area contributed by atoms with E-state index in [9.17, 15) is 0 Å². The zero-order valence-electron chi connectivity index (χ0n) is 76.7. The maximum absolute atomic E-state index is 7.11. The molecule has 0 unspecified atom stereocenters. The van der Waals surface area contributed by atoms with E-state index < -0.39 is 0 Å². The van der Waals surface area contributed by atoms with E-state index in [0.717, 1.165) is 213 Å². The minimum atomic E-state index is 0.821. The molecule has 3 aromatic heterocycles.